The summed E-state index contributed by atoms with van der Waals surface area (Å²) in [6, 6.07) is 0. The van der Waals surface area contributed by atoms with Crippen LogP contribution < -0.4 is 0 Å². The number of fused-ring (bicyclic) bond motifs is 3. The first kappa shape index (κ1) is 10.8. The third-order valence-electron chi connectivity index (χ3n) is 5.94. The average Bonchev–Trinajstić information content (AvgIpc) is 2.61. The summed E-state index contributed by atoms with van der Waals surface area (Å²) in [5.41, 5.74) is 1.46. The van der Waals surface area contributed by atoms with E-state index in [0.717, 1.165) is 24.7 Å². The fraction of sp³-hybridized carbons (Fsp3) is 0.867. The first-order valence-corrected chi connectivity index (χ1v) is 6.76. The second-order valence-electron chi connectivity index (χ2n) is 7.18. The molecule has 0 spiro atoms. The van der Waals surface area contributed by atoms with Gasteiger partial charge in [0, 0.05) is 0 Å². The molecule has 0 heterocycles. The summed E-state index contributed by atoms with van der Waals surface area (Å²) in [6.45, 7) is 11.1. The Bertz CT molecular complexity index is 339. The zero-order chi connectivity index (χ0) is 11.7. The summed E-state index contributed by atoms with van der Waals surface area (Å²) in [4.78, 5) is 0. The van der Waals surface area contributed by atoms with Gasteiger partial charge in [-0.3, -0.25) is 0 Å². The molecule has 1 N–H and O–H groups in total. The molecule has 3 aliphatic carbocycles. The molecule has 3 aliphatic rings. The van der Waals surface area contributed by atoms with Crippen molar-refractivity contribution in [2.24, 2.45) is 29.1 Å². The molecule has 0 amide bonds. The summed E-state index contributed by atoms with van der Waals surface area (Å²) in [6.07, 6.45) is 4.64. The molecule has 1 heteroatoms. The van der Waals surface area contributed by atoms with Gasteiger partial charge in [0.2, 0.25) is 0 Å². The van der Waals surface area contributed by atoms with Gasteiger partial charge in [-0.05, 0) is 61.7 Å². The van der Waals surface area contributed by atoms with E-state index in [-0.39, 0.29) is 0 Å². The van der Waals surface area contributed by atoms with Gasteiger partial charge >= 0.3 is 0 Å². The number of allylic oxidation sites excluding steroid dienone is 1. The summed E-state index contributed by atoms with van der Waals surface area (Å²) in [5.74, 6) is 2.67. The van der Waals surface area contributed by atoms with Crippen LogP contribution >= 0.6 is 0 Å². The molecule has 16 heavy (non-hydrogen) atoms. The van der Waals surface area contributed by atoms with Gasteiger partial charge in [0.05, 0.1) is 5.60 Å². The summed E-state index contributed by atoms with van der Waals surface area (Å²) < 4.78 is 0. The number of hydrogen-bond donors (Lipinski definition) is 1. The minimum atomic E-state index is -0.436. The molecule has 0 bridgehead atoms. The highest BCUT2D eigenvalue weighted by atomic mass is 16.3. The van der Waals surface area contributed by atoms with E-state index in [1.807, 2.05) is 0 Å². The fourth-order valence-corrected chi connectivity index (χ4v) is 4.90. The molecule has 3 fully saturated rings. The van der Waals surface area contributed by atoms with E-state index in [2.05, 4.69) is 27.4 Å². The van der Waals surface area contributed by atoms with Gasteiger partial charge in [-0.25, -0.2) is 0 Å². The quantitative estimate of drug-likeness (QED) is 0.620. The zero-order valence-electron chi connectivity index (χ0n) is 10.8. The third kappa shape index (κ3) is 1.21. The smallest absolute Gasteiger partial charge is 0.0656 e. The maximum Gasteiger partial charge on any atom is 0.0656 e. The molecular weight excluding hydrogens is 196 g/mol. The Kier molecular flexibility index (Phi) is 1.98. The van der Waals surface area contributed by atoms with Crippen molar-refractivity contribution in [1.82, 2.24) is 0 Å². The molecule has 3 rings (SSSR count). The lowest BCUT2D eigenvalue weighted by Gasteiger charge is -2.31. The summed E-state index contributed by atoms with van der Waals surface area (Å²) >= 11 is 0. The van der Waals surface area contributed by atoms with E-state index in [1.165, 1.54) is 18.4 Å². The Morgan fingerprint density at radius 1 is 1.19 bits per heavy atom. The van der Waals surface area contributed by atoms with Crippen LogP contribution in [0.15, 0.2) is 12.2 Å². The van der Waals surface area contributed by atoms with Gasteiger partial charge in [0.15, 0.2) is 0 Å². The third-order valence-corrected chi connectivity index (χ3v) is 5.94. The lowest BCUT2D eigenvalue weighted by molar-refractivity contribution is -0.00137. The molecule has 5 atom stereocenters. The number of hydrogen-bond acceptors (Lipinski definition) is 1. The Balaban J connectivity index is 1.98. The average molecular weight is 220 g/mol. The van der Waals surface area contributed by atoms with Crippen LogP contribution in [0.5, 0.6) is 0 Å². The van der Waals surface area contributed by atoms with Crippen LogP contribution in [0.1, 0.15) is 46.5 Å². The van der Waals surface area contributed by atoms with Gasteiger partial charge in [0.25, 0.3) is 0 Å². The Morgan fingerprint density at radius 2 is 1.88 bits per heavy atom. The Morgan fingerprint density at radius 3 is 2.56 bits per heavy atom. The monoisotopic (exact) mass is 220 g/mol. The maximum atomic E-state index is 10.6. The highest BCUT2D eigenvalue weighted by Crippen LogP contribution is 2.71. The van der Waals surface area contributed by atoms with Crippen LogP contribution in [0.2, 0.25) is 0 Å². The van der Waals surface area contributed by atoms with Crippen LogP contribution in [0.3, 0.4) is 0 Å². The van der Waals surface area contributed by atoms with Crippen molar-refractivity contribution in [2.45, 2.75) is 52.1 Å². The van der Waals surface area contributed by atoms with Crippen molar-refractivity contribution in [3.63, 3.8) is 0 Å². The largest absolute Gasteiger partial charge is 0.390 e. The highest BCUT2D eigenvalue weighted by Gasteiger charge is 2.67. The molecule has 0 aromatic rings. The normalized spacial score (nSPS) is 54.1. The lowest BCUT2D eigenvalue weighted by Crippen LogP contribution is -2.34. The van der Waals surface area contributed by atoms with Crippen molar-refractivity contribution in [2.75, 3.05) is 0 Å². The molecule has 90 valence electrons. The zero-order valence-corrected chi connectivity index (χ0v) is 10.8. The Hall–Kier alpha value is -0.300. The Labute approximate surface area is 98.9 Å². The van der Waals surface area contributed by atoms with E-state index < -0.39 is 5.60 Å². The molecule has 0 aromatic carbocycles. The van der Waals surface area contributed by atoms with Crippen molar-refractivity contribution in [1.29, 1.82) is 0 Å². The molecule has 0 aromatic heterocycles. The minimum Gasteiger partial charge on any atom is -0.390 e. The van der Waals surface area contributed by atoms with E-state index in [0.29, 0.717) is 17.3 Å². The standard InChI is InChI=1S/C15H24O/c1-9-5-6-11-13(14(11,2)3)12-10(9)7-8-15(12,4)16/h10-13,16H,1,5-8H2,2-4H3/t10-,11-,12-,13-,15+/m0/s1. The fourth-order valence-electron chi connectivity index (χ4n) is 4.90. The minimum absolute atomic E-state index is 0.436. The van der Waals surface area contributed by atoms with Gasteiger partial charge in [-0.15, -0.1) is 0 Å². The van der Waals surface area contributed by atoms with Crippen LogP contribution in [0.25, 0.3) is 0 Å². The van der Waals surface area contributed by atoms with Crippen LogP contribution in [0, 0.1) is 29.1 Å². The van der Waals surface area contributed by atoms with Crippen LogP contribution in [-0.4, -0.2) is 10.7 Å². The van der Waals surface area contributed by atoms with E-state index in [4.69, 9.17) is 0 Å². The van der Waals surface area contributed by atoms with Gasteiger partial charge in [0.1, 0.15) is 0 Å². The summed E-state index contributed by atoms with van der Waals surface area (Å²) in [5, 5.41) is 10.6. The molecule has 0 unspecified atom stereocenters. The lowest BCUT2D eigenvalue weighted by atomic mass is 9.78. The van der Waals surface area contributed by atoms with Crippen LogP contribution in [0.4, 0.5) is 0 Å². The topological polar surface area (TPSA) is 20.2 Å². The van der Waals surface area contributed by atoms with Gasteiger partial charge in [-0.2, -0.15) is 0 Å². The number of rotatable bonds is 0. The first-order chi connectivity index (χ1) is 7.36. The van der Waals surface area contributed by atoms with Crippen LogP contribution in [-0.2, 0) is 0 Å². The van der Waals surface area contributed by atoms with Gasteiger partial charge in [-0.1, -0.05) is 26.0 Å². The maximum absolute atomic E-state index is 10.6. The van der Waals surface area contributed by atoms with Crippen molar-refractivity contribution in [3.8, 4) is 0 Å². The van der Waals surface area contributed by atoms with Crippen molar-refractivity contribution >= 4 is 0 Å². The molecule has 1 nitrogen and oxygen atoms in total. The highest BCUT2D eigenvalue weighted by molar-refractivity contribution is 5.22. The molecule has 0 radical (unpaired) electrons. The molecule has 3 saturated carbocycles. The molecular formula is C15H24O. The predicted molar refractivity (Wildman–Crippen MR) is 66.0 cm³/mol. The first-order valence-electron chi connectivity index (χ1n) is 6.76. The second kappa shape index (κ2) is 2.93. The second-order valence-corrected chi connectivity index (χ2v) is 7.18. The van der Waals surface area contributed by atoms with E-state index >= 15 is 0 Å². The van der Waals surface area contributed by atoms with Crippen molar-refractivity contribution < 1.29 is 5.11 Å². The summed E-state index contributed by atoms with van der Waals surface area (Å²) in [7, 11) is 0. The van der Waals surface area contributed by atoms with Crippen molar-refractivity contribution in [3.05, 3.63) is 12.2 Å². The van der Waals surface area contributed by atoms with E-state index in [1.54, 1.807) is 0 Å². The SMILES string of the molecule is C=C1CC[C@H]2[C@@H]([C@@H]3[C@H]1CC[C@@]3(C)O)C2(C)C. The van der Waals surface area contributed by atoms with Gasteiger partial charge < -0.3 is 5.11 Å². The van der Waals surface area contributed by atoms with E-state index in [9.17, 15) is 5.11 Å². The molecule has 0 saturated heterocycles. The predicted octanol–water partition coefficient (Wildman–Crippen LogP) is 3.39. The molecule has 0 aliphatic heterocycles. The number of aliphatic hydroxyl groups is 1.